The van der Waals surface area contributed by atoms with E-state index in [2.05, 4.69) is 6.08 Å². The molecule has 0 atom stereocenters. The molecule has 1 fully saturated rings. The molecule has 7 nitrogen and oxygen atoms in total. The topological polar surface area (TPSA) is 84.0 Å². The average Bonchev–Trinajstić information content (AvgIpc) is 3.52. The number of likely N-dealkylation sites (N-methyl/N-ethyl adjacent to an activating group) is 1. The highest BCUT2D eigenvalue weighted by atomic mass is 32.2. The first-order chi connectivity index (χ1) is 13.8. The molecule has 1 amide bonds. The summed E-state index contributed by atoms with van der Waals surface area (Å²) in [7, 11) is -2.48. The molecule has 2 aliphatic carbocycles. The third-order valence-electron chi connectivity index (χ3n) is 5.19. The Morgan fingerprint density at radius 1 is 1.14 bits per heavy atom. The molecule has 0 saturated heterocycles. The molecule has 0 aliphatic heterocycles. The Morgan fingerprint density at radius 2 is 1.83 bits per heavy atom. The molecule has 0 radical (unpaired) electrons. The molecule has 0 aromatic heterocycles. The number of nitrogens with zero attached hydrogens (tertiary/aromatic N) is 2. The van der Waals surface area contributed by atoms with Crippen molar-refractivity contribution in [2.24, 2.45) is 0 Å². The van der Waals surface area contributed by atoms with Crippen LogP contribution in [0.4, 0.5) is 0 Å². The molecule has 1 saturated carbocycles. The largest absolute Gasteiger partial charge is 0.455 e. The normalized spacial score (nSPS) is 17.0. The summed E-state index contributed by atoms with van der Waals surface area (Å²) < 4.78 is 31.2. The Balaban J connectivity index is 1.55. The number of allylic oxidation sites excluding steroid dienone is 2. The summed E-state index contributed by atoms with van der Waals surface area (Å²) in [5.41, 5.74) is 1.97. The number of carbonyl (C=O) groups excluding carboxylic acids is 2. The average molecular weight is 421 g/mol. The molecule has 0 bridgehead atoms. The van der Waals surface area contributed by atoms with E-state index in [0.717, 1.165) is 54.1 Å². The number of hydrogen-bond acceptors (Lipinski definition) is 5. The van der Waals surface area contributed by atoms with Gasteiger partial charge in [0.2, 0.25) is 10.0 Å². The molecule has 0 heterocycles. The van der Waals surface area contributed by atoms with Crippen molar-refractivity contribution in [3.63, 3.8) is 0 Å². The van der Waals surface area contributed by atoms with Gasteiger partial charge >= 0.3 is 5.97 Å². The molecule has 2 aliphatic rings. The highest BCUT2D eigenvalue weighted by Crippen LogP contribution is 2.33. The lowest BCUT2D eigenvalue weighted by Crippen LogP contribution is -2.38. The molecular formula is C21H28N2O5S. The van der Waals surface area contributed by atoms with Gasteiger partial charge in [-0.15, -0.1) is 0 Å². The van der Waals surface area contributed by atoms with E-state index in [-0.39, 0.29) is 23.5 Å². The lowest BCUT2D eigenvalue weighted by Gasteiger charge is -2.27. The SMILES string of the molecule is Cc1ccc(S(=O)(=O)N(C)CC(=O)OCC(=O)N(C2=CCCCC2)C2CC2)cc1. The molecule has 0 spiro atoms. The second-order valence-corrected chi connectivity index (χ2v) is 9.72. The fraction of sp³-hybridized carbons (Fsp3) is 0.524. The predicted octanol–water partition coefficient (Wildman–Crippen LogP) is 2.61. The summed E-state index contributed by atoms with van der Waals surface area (Å²) in [6.07, 6.45) is 8.06. The van der Waals surface area contributed by atoms with Gasteiger partial charge in [-0.1, -0.05) is 23.8 Å². The number of hydrogen-bond donors (Lipinski definition) is 0. The van der Waals surface area contributed by atoms with Crippen molar-refractivity contribution in [3.05, 3.63) is 41.6 Å². The van der Waals surface area contributed by atoms with Crippen LogP contribution in [0.25, 0.3) is 0 Å². The van der Waals surface area contributed by atoms with E-state index in [1.165, 1.54) is 19.2 Å². The van der Waals surface area contributed by atoms with Crippen LogP contribution in [-0.4, -0.2) is 55.7 Å². The molecule has 1 aromatic carbocycles. The number of rotatable bonds is 8. The summed E-state index contributed by atoms with van der Waals surface area (Å²) in [6, 6.07) is 6.60. The Morgan fingerprint density at radius 3 is 2.41 bits per heavy atom. The smallest absolute Gasteiger partial charge is 0.321 e. The standard InChI is InChI=1S/C21H28N2O5S/c1-16-8-12-19(13-9-16)29(26,27)22(2)14-21(25)28-15-20(24)23(18-10-11-18)17-6-4-3-5-7-17/h6,8-9,12-13,18H,3-5,7,10-11,14-15H2,1-2H3. The minimum atomic E-state index is -3.80. The maximum Gasteiger partial charge on any atom is 0.321 e. The van der Waals surface area contributed by atoms with E-state index >= 15 is 0 Å². The van der Waals surface area contributed by atoms with E-state index in [0.29, 0.717) is 0 Å². The molecule has 29 heavy (non-hydrogen) atoms. The van der Waals surface area contributed by atoms with E-state index in [4.69, 9.17) is 4.74 Å². The van der Waals surface area contributed by atoms with E-state index in [1.807, 2.05) is 6.92 Å². The summed E-state index contributed by atoms with van der Waals surface area (Å²) in [5.74, 6) is -0.983. The molecule has 158 valence electrons. The number of sulfonamides is 1. The van der Waals surface area contributed by atoms with Crippen LogP contribution in [0.3, 0.4) is 0 Å². The Kier molecular flexibility index (Phi) is 6.74. The minimum Gasteiger partial charge on any atom is -0.455 e. The molecule has 0 unspecified atom stereocenters. The van der Waals surface area contributed by atoms with Crippen molar-refractivity contribution < 1.29 is 22.7 Å². The molecular weight excluding hydrogens is 392 g/mol. The van der Waals surface area contributed by atoms with Gasteiger partial charge in [0.25, 0.3) is 5.91 Å². The van der Waals surface area contributed by atoms with E-state index < -0.39 is 22.5 Å². The van der Waals surface area contributed by atoms with Gasteiger partial charge in [-0.3, -0.25) is 9.59 Å². The predicted molar refractivity (Wildman–Crippen MR) is 108 cm³/mol. The maximum atomic E-state index is 12.6. The fourth-order valence-corrected chi connectivity index (χ4v) is 4.50. The zero-order valence-electron chi connectivity index (χ0n) is 17.0. The van der Waals surface area contributed by atoms with Crippen LogP contribution >= 0.6 is 0 Å². The number of aryl methyl sites for hydroxylation is 1. The van der Waals surface area contributed by atoms with Crippen LogP contribution in [0.1, 0.15) is 44.1 Å². The van der Waals surface area contributed by atoms with Gasteiger partial charge in [-0.05, 0) is 57.6 Å². The quantitative estimate of drug-likeness (QED) is 0.604. The van der Waals surface area contributed by atoms with Crippen molar-refractivity contribution >= 4 is 21.9 Å². The van der Waals surface area contributed by atoms with Crippen LogP contribution < -0.4 is 0 Å². The van der Waals surface area contributed by atoms with E-state index in [9.17, 15) is 18.0 Å². The Bertz CT molecular complexity index is 888. The lowest BCUT2D eigenvalue weighted by molar-refractivity contribution is -0.151. The fourth-order valence-electron chi connectivity index (χ4n) is 3.39. The van der Waals surface area contributed by atoms with Gasteiger partial charge in [0, 0.05) is 18.8 Å². The zero-order valence-corrected chi connectivity index (χ0v) is 17.8. The first kappa shape index (κ1) is 21.5. The second kappa shape index (κ2) is 9.09. The van der Waals surface area contributed by atoms with Gasteiger partial charge in [0.15, 0.2) is 6.61 Å². The van der Waals surface area contributed by atoms with Gasteiger partial charge in [-0.25, -0.2) is 8.42 Å². The second-order valence-electron chi connectivity index (χ2n) is 7.67. The number of esters is 1. The van der Waals surface area contributed by atoms with Crippen molar-refractivity contribution in [1.29, 1.82) is 0 Å². The van der Waals surface area contributed by atoms with Crippen molar-refractivity contribution in [3.8, 4) is 0 Å². The van der Waals surface area contributed by atoms with Gasteiger partial charge in [-0.2, -0.15) is 4.31 Å². The highest BCUT2D eigenvalue weighted by molar-refractivity contribution is 7.89. The molecule has 3 rings (SSSR count). The minimum absolute atomic E-state index is 0.110. The van der Waals surface area contributed by atoms with Crippen LogP contribution in [0.15, 0.2) is 40.9 Å². The van der Waals surface area contributed by atoms with Crippen molar-refractivity contribution in [2.75, 3.05) is 20.2 Å². The zero-order chi connectivity index (χ0) is 21.0. The number of benzene rings is 1. The molecule has 8 heteroatoms. The summed E-state index contributed by atoms with van der Waals surface area (Å²) in [4.78, 5) is 26.7. The lowest BCUT2D eigenvalue weighted by atomic mass is 10.0. The van der Waals surface area contributed by atoms with Crippen molar-refractivity contribution in [1.82, 2.24) is 9.21 Å². The summed E-state index contributed by atoms with van der Waals surface area (Å²) >= 11 is 0. The van der Waals surface area contributed by atoms with E-state index in [1.54, 1.807) is 17.0 Å². The summed E-state index contributed by atoms with van der Waals surface area (Å²) in [6.45, 7) is 1.05. The maximum absolute atomic E-state index is 12.6. The van der Waals surface area contributed by atoms with Crippen LogP contribution in [0, 0.1) is 6.92 Å². The Hall–Kier alpha value is -2.19. The number of ether oxygens (including phenoxy) is 1. The van der Waals surface area contributed by atoms with Gasteiger partial charge < -0.3 is 9.64 Å². The third-order valence-corrected chi connectivity index (χ3v) is 7.01. The van der Waals surface area contributed by atoms with Crippen LogP contribution in [0.2, 0.25) is 0 Å². The van der Waals surface area contributed by atoms with Gasteiger partial charge in [0.05, 0.1) is 4.90 Å². The third kappa shape index (κ3) is 5.45. The Labute approximate surface area is 172 Å². The van der Waals surface area contributed by atoms with Gasteiger partial charge in [0.1, 0.15) is 6.54 Å². The van der Waals surface area contributed by atoms with Crippen LogP contribution in [0.5, 0.6) is 0 Å². The van der Waals surface area contributed by atoms with Crippen LogP contribution in [-0.2, 0) is 24.3 Å². The first-order valence-corrected chi connectivity index (χ1v) is 11.4. The number of carbonyl (C=O) groups is 2. The highest BCUT2D eigenvalue weighted by Gasteiger charge is 2.35. The number of amides is 1. The first-order valence-electron chi connectivity index (χ1n) is 9.99. The molecule has 0 N–H and O–H groups in total. The monoisotopic (exact) mass is 420 g/mol. The summed E-state index contributed by atoms with van der Waals surface area (Å²) in [5, 5.41) is 0. The van der Waals surface area contributed by atoms with Crippen molar-refractivity contribution in [2.45, 2.75) is 56.4 Å². The molecule has 1 aromatic rings.